The van der Waals surface area contributed by atoms with Gasteiger partial charge in [0.2, 0.25) is 0 Å². The molecule has 180 valence electrons. The number of hydrogen-bond donors (Lipinski definition) is 1. The van der Waals surface area contributed by atoms with Crippen LogP contribution in [0.25, 0.3) is 17.2 Å². The van der Waals surface area contributed by atoms with Gasteiger partial charge in [-0.1, -0.05) is 29.3 Å². The number of nitrogens with two attached hydrogens (primary N) is 1. The van der Waals surface area contributed by atoms with Gasteiger partial charge in [-0.25, -0.2) is 4.98 Å². The highest BCUT2D eigenvalue weighted by Crippen LogP contribution is 2.45. The zero-order chi connectivity index (χ0) is 26.1. The molecule has 3 aromatic rings. The molecule has 6 nitrogen and oxygen atoms in total. The summed E-state index contributed by atoms with van der Waals surface area (Å²) < 4.78 is 12.5. The lowest BCUT2D eigenvalue weighted by Crippen LogP contribution is -2.04. The lowest BCUT2D eigenvalue weighted by Gasteiger charge is -2.15. The third-order valence-corrected chi connectivity index (χ3v) is 7.32. The maximum atomic E-state index is 9.79. The van der Waals surface area contributed by atoms with Crippen molar-refractivity contribution in [3.63, 3.8) is 0 Å². The van der Waals surface area contributed by atoms with E-state index in [0.29, 0.717) is 43.9 Å². The number of fused-ring (bicyclic) bond motifs is 1. The number of rotatable bonds is 5. The first-order valence-corrected chi connectivity index (χ1v) is 12.5. The topological polar surface area (TPSA) is 105 Å². The van der Waals surface area contributed by atoms with Gasteiger partial charge < -0.3 is 15.2 Å². The van der Waals surface area contributed by atoms with Gasteiger partial charge in [-0.15, -0.1) is 0 Å². The highest BCUT2D eigenvalue weighted by Gasteiger charge is 2.29. The van der Waals surface area contributed by atoms with E-state index in [1.807, 2.05) is 38.1 Å². The molecule has 1 aliphatic rings. The molecule has 9 heteroatoms. The van der Waals surface area contributed by atoms with Crippen LogP contribution in [0.4, 0.5) is 5.82 Å². The number of hydrogen-bond acceptors (Lipinski definition) is 6. The molecule has 1 aliphatic carbocycles. The molecule has 0 atom stereocenters. The van der Waals surface area contributed by atoms with Gasteiger partial charge in [-0.3, -0.25) is 0 Å². The monoisotopic (exact) mass is 628 g/mol. The largest absolute Gasteiger partial charge is 0.493 e. The molecule has 0 unspecified atom stereocenters. The van der Waals surface area contributed by atoms with Crippen LogP contribution in [0.5, 0.6) is 11.5 Å². The van der Waals surface area contributed by atoms with Crippen LogP contribution in [0.3, 0.4) is 0 Å². The van der Waals surface area contributed by atoms with E-state index >= 15 is 0 Å². The summed E-state index contributed by atoms with van der Waals surface area (Å²) in [5.41, 5.74) is 11.9. The number of aromatic nitrogens is 1. The number of pyridine rings is 1. The zero-order valence-corrected chi connectivity index (χ0v) is 23.2. The third-order valence-electron chi connectivity index (χ3n) is 5.93. The van der Waals surface area contributed by atoms with E-state index in [-0.39, 0.29) is 12.4 Å². The van der Waals surface area contributed by atoms with Crippen LogP contribution < -0.4 is 15.2 Å². The number of ether oxygens (including phenoxy) is 2. The van der Waals surface area contributed by atoms with Gasteiger partial charge in [-0.2, -0.15) is 10.5 Å². The van der Waals surface area contributed by atoms with Crippen LogP contribution >= 0.6 is 45.8 Å². The van der Waals surface area contributed by atoms with Crippen molar-refractivity contribution < 1.29 is 9.47 Å². The van der Waals surface area contributed by atoms with Crippen LogP contribution in [0.1, 0.15) is 40.4 Å². The number of methoxy groups -OCH3 is 1. The fraction of sp³-hybridized carbons (Fsp3) is 0.148. The molecule has 36 heavy (non-hydrogen) atoms. The first-order chi connectivity index (χ1) is 17.2. The van der Waals surface area contributed by atoms with E-state index in [2.05, 4.69) is 39.7 Å². The van der Waals surface area contributed by atoms with Crippen molar-refractivity contribution in [1.29, 1.82) is 10.5 Å². The molecule has 0 amide bonds. The fourth-order valence-electron chi connectivity index (χ4n) is 4.11. The van der Waals surface area contributed by atoms with Gasteiger partial charge in [0.25, 0.3) is 0 Å². The van der Waals surface area contributed by atoms with Crippen LogP contribution in [-0.4, -0.2) is 12.1 Å². The normalized spacial score (nSPS) is 13.4. The Morgan fingerprint density at radius 3 is 2.53 bits per heavy atom. The lowest BCUT2D eigenvalue weighted by molar-refractivity contribution is 0.282. The molecule has 0 aliphatic heterocycles. The number of allylic oxidation sites excluding steroid dienone is 3. The second-order valence-electron chi connectivity index (χ2n) is 8.06. The smallest absolute Gasteiger partial charge is 0.174 e. The maximum absolute atomic E-state index is 9.79. The summed E-state index contributed by atoms with van der Waals surface area (Å²) in [5.74, 6) is 1.25. The summed E-state index contributed by atoms with van der Waals surface area (Å²) in [6.07, 6.45) is 1.95. The van der Waals surface area contributed by atoms with E-state index < -0.39 is 0 Å². The molecule has 0 bridgehead atoms. The minimum atomic E-state index is 0.120. The molecule has 1 heterocycles. The number of nitriles is 2. The van der Waals surface area contributed by atoms with E-state index in [1.54, 1.807) is 19.2 Å². The van der Waals surface area contributed by atoms with E-state index in [9.17, 15) is 10.5 Å². The highest BCUT2D eigenvalue weighted by molar-refractivity contribution is 14.1. The Labute approximate surface area is 232 Å². The van der Waals surface area contributed by atoms with E-state index in [1.165, 1.54) is 0 Å². The SMILES string of the molecule is COc1cc(/C=C2/C(C)=C(C#N)c3nc(N)c(C#N)c(C)c32)cc(I)c1OCc1ccc(Cl)cc1Cl. The third kappa shape index (κ3) is 4.62. The molecule has 4 rings (SSSR count). The molecule has 0 radical (unpaired) electrons. The number of nitrogens with zero attached hydrogens (tertiary/aromatic N) is 3. The minimum Gasteiger partial charge on any atom is -0.493 e. The molecular formula is C27H19Cl2IN4O2. The van der Waals surface area contributed by atoms with Crippen molar-refractivity contribution in [3.05, 3.63) is 83.0 Å². The predicted molar refractivity (Wildman–Crippen MR) is 151 cm³/mol. The van der Waals surface area contributed by atoms with Crippen molar-refractivity contribution in [2.75, 3.05) is 12.8 Å². The summed E-state index contributed by atoms with van der Waals surface area (Å²) in [4.78, 5) is 4.38. The first-order valence-electron chi connectivity index (χ1n) is 10.7. The molecule has 0 fully saturated rings. The average molecular weight is 629 g/mol. The maximum Gasteiger partial charge on any atom is 0.174 e. The van der Waals surface area contributed by atoms with Crippen LogP contribution in [0, 0.1) is 33.2 Å². The van der Waals surface area contributed by atoms with Gasteiger partial charge in [0.15, 0.2) is 11.5 Å². The molecule has 0 saturated heterocycles. The molecule has 1 aromatic heterocycles. The Morgan fingerprint density at radius 1 is 1.14 bits per heavy atom. The van der Waals surface area contributed by atoms with Crippen molar-refractivity contribution in [2.24, 2.45) is 0 Å². The van der Waals surface area contributed by atoms with E-state index in [4.69, 9.17) is 38.4 Å². The fourth-order valence-corrected chi connectivity index (χ4v) is 5.36. The highest BCUT2D eigenvalue weighted by atomic mass is 127. The van der Waals surface area contributed by atoms with E-state index in [0.717, 1.165) is 31.4 Å². The Hall–Kier alpha value is -3.24. The van der Waals surface area contributed by atoms with Crippen molar-refractivity contribution in [2.45, 2.75) is 20.5 Å². The summed E-state index contributed by atoms with van der Waals surface area (Å²) >= 11 is 14.5. The predicted octanol–water partition coefficient (Wildman–Crippen LogP) is 7.19. The van der Waals surface area contributed by atoms with Gasteiger partial charge in [0.05, 0.1) is 27.5 Å². The molecular weight excluding hydrogens is 610 g/mol. The standard InChI is InChI=1S/C27H19Cl2IN4O2/c1-13-18(24-14(2)20(11-32)27(33)34-25(24)19(13)10-31)6-15-7-22(30)26(23(8-15)35-3)36-12-16-4-5-17(28)9-21(16)29/h4-9H,12H2,1-3H3,(H2,33,34)/b18-6-. The Morgan fingerprint density at radius 2 is 1.89 bits per heavy atom. The second-order valence-corrected chi connectivity index (χ2v) is 10.1. The van der Waals surface area contributed by atoms with Gasteiger partial charge in [-0.05, 0) is 89.1 Å². The average Bonchev–Trinajstić information content (AvgIpc) is 3.09. The minimum absolute atomic E-state index is 0.120. The van der Waals surface area contributed by atoms with Crippen molar-refractivity contribution in [1.82, 2.24) is 4.98 Å². The lowest BCUT2D eigenvalue weighted by atomic mass is 9.95. The quantitative estimate of drug-likeness (QED) is 0.300. The van der Waals surface area contributed by atoms with Gasteiger partial charge in [0, 0.05) is 21.2 Å². The summed E-state index contributed by atoms with van der Waals surface area (Å²) in [6, 6.07) is 13.4. The Bertz CT molecular complexity index is 1570. The Kier molecular flexibility index (Phi) is 7.46. The van der Waals surface area contributed by atoms with Gasteiger partial charge in [0.1, 0.15) is 24.6 Å². The van der Waals surface area contributed by atoms with Gasteiger partial charge >= 0.3 is 0 Å². The van der Waals surface area contributed by atoms with Crippen molar-refractivity contribution >= 4 is 68.8 Å². The molecule has 2 N–H and O–H groups in total. The van der Waals surface area contributed by atoms with Crippen LogP contribution in [0.2, 0.25) is 10.0 Å². The second kappa shape index (κ2) is 10.4. The number of anilines is 1. The zero-order valence-electron chi connectivity index (χ0n) is 19.5. The summed E-state index contributed by atoms with van der Waals surface area (Å²) in [5, 5.41) is 20.4. The number of benzene rings is 2. The van der Waals surface area contributed by atoms with Crippen molar-refractivity contribution in [3.8, 4) is 23.6 Å². The molecule has 2 aromatic carbocycles. The summed E-state index contributed by atoms with van der Waals surface area (Å²) in [6.45, 7) is 3.93. The molecule has 0 saturated carbocycles. The van der Waals surface area contributed by atoms with Crippen LogP contribution in [-0.2, 0) is 6.61 Å². The first kappa shape index (κ1) is 25.8. The Balaban J connectivity index is 1.77. The van der Waals surface area contributed by atoms with Crippen LogP contribution in [0.15, 0.2) is 35.9 Å². The molecule has 0 spiro atoms. The number of halogens is 3. The number of nitrogen functional groups attached to an aromatic ring is 1. The summed E-state index contributed by atoms with van der Waals surface area (Å²) in [7, 11) is 1.57.